The average Bonchev–Trinajstić information content (AvgIpc) is 2.16. The molecule has 2 unspecified atom stereocenters. The van der Waals surface area contributed by atoms with E-state index in [-0.39, 0.29) is 17.9 Å². The maximum atomic E-state index is 11.8. The number of β-amino-alcohol motifs (C(OH)–C–C–N with tert-alkyl or cyclic N) is 1. The maximum absolute atomic E-state index is 11.8. The van der Waals surface area contributed by atoms with E-state index in [1.165, 1.54) is 0 Å². The van der Waals surface area contributed by atoms with E-state index in [0.29, 0.717) is 26.2 Å². The van der Waals surface area contributed by atoms with E-state index < -0.39 is 10.0 Å². The topological polar surface area (TPSA) is 60.9 Å². The molecule has 0 amide bonds. The first-order valence-electron chi connectivity index (χ1n) is 5.76. The fourth-order valence-electron chi connectivity index (χ4n) is 2.13. The van der Waals surface area contributed by atoms with Gasteiger partial charge in [-0.15, -0.1) is 0 Å². The molecule has 0 aromatic carbocycles. The lowest BCUT2D eigenvalue weighted by molar-refractivity contribution is 0.0841. The Labute approximate surface area is 98.1 Å². The first kappa shape index (κ1) is 13.9. The summed E-state index contributed by atoms with van der Waals surface area (Å²) in [6.45, 7) is 7.89. The lowest BCUT2D eigenvalue weighted by atomic mass is 10.2. The van der Waals surface area contributed by atoms with Crippen molar-refractivity contribution in [3.8, 4) is 0 Å². The van der Waals surface area contributed by atoms with Gasteiger partial charge in [-0.25, -0.2) is 8.42 Å². The molecule has 0 aromatic rings. The highest BCUT2D eigenvalue weighted by molar-refractivity contribution is 7.89. The molecule has 0 spiro atoms. The van der Waals surface area contributed by atoms with Crippen LogP contribution >= 0.6 is 0 Å². The molecule has 5 nitrogen and oxygen atoms in total. The fraction of sp³-hybridized carbons (Fsp3) is 1.00. The van der Waals surface area contributed by atoms with E-state index in [9.17, 15) is 13.5 Å². The van der Waals surface area contributed by atoms with Crippen LogP contribution in [0.5, 0.6) is 0 Å². The zero-order valence-corrected chi connectivity index (χ0v) is 11.1. The quantitative estimate of drug-likeness (QED) is 0.746. The smallest absolute Gasteiger partial charge is 0.214 e. The lowest BCUT2D eigenvalue weighted by Gasteiger charge is -2.39. The van der Waals surface area contributed by atoms with E-state index in [1.54, 1.807) is 18.2 Å². The fourth-order valence-corrected chi connectivity index (χ4v) is 3.44. The molecule has 1 aliphatic heterocycles. The van der Waals surface area contributed by atoms with Gasteiger partial charge in [-0.3, -0.25) is 4.90 Å². The van der Waals surface area contributed by atoms with E-state index in [4.69, 9.17) is 0 Å². The van der Waals surface area contributed by atoms with Crippen LogP contribution in [0.15, 0.2) is 0 Å². The highest BCUT2D eigenvalue weighted by atomic mass is 32.2. The summed E-state index contributed by atoms with van der Waals surface area (Å²) in [5, 5.41) is 9.29. The zero-order valence-electron chi connectivity index (χ0n) is 10.3. The van der Waals surface area contributed by atoms with Gasteiger partial charge in [0.05, 0.1) is 11.9 Å². The second kappa shape index (κ2) is 5.44. The van der Waals surface area contributed by atoms with Crippen LogP contribution in [0.25, 0.3) is 0 Å². The van der Waals surface area contributed by atoms with Gasteiger partial charge in [-0.2, -0.15) is 4.31 Å². The second-order valence-corrected chi connectivity index (χ2v) is 6.68. The van der Waals surface area contributed by atoms with Crippen molar-refractivity contribution in [2.24, 2.45) is 0 Å². The average molecular weight is 250 g/mol. The number of nitrogens with zero attached hydrogens (tertiary/aromatic N) is 2. The lowest BCUT2D eigenvalue weighted by Crippen LogP contribution is -2.55. The third kappa shape index (κ3) is 3.41. The Bertz CT molecular complexity index is 316. The molecule has 6 heteroatoms. The van der Waals surface area contributed by atoms with Gasteiger partial charge >= 0.3 is 0 Å². The largest absolute Gasteiger partial charge is 0.392 e. The molecule has 0 aromatic heterocycles. The molecule has 0 radical (unpaired) electrons. The summed E-state index contributed by atoms with van der Waals surface area (Å²) >= 11 is 0. The van der Waals surface area contributed by atoms with Crippen LogP contribution < -0.4 is 0 Å². The maximum Gasteiger partial charge on any atom is 0.214 e. The number of aliphatic hydroxyl groups excluding tert-OH is 1. The van der Waals surface area contributed by atoms with Crippen molar-refractivity contribution in [1.29, 1.82) is 0 Å². The molecule has 1 aliphatic rings. The summed E-state index contributed by atoms with van der Waals surface area (Å²) in [4.78, 5) is 2.11. The predicted octanol–water partition coefficient (Wildman–Crippen LogP) is -0.277. The Kier molecular flexibility index (Phi) is 4.73. The number of hydrogen-bond donors (Lipinski definition) is 1. The normalized spacial score (nSPS) is 26.9. The molecule has 1 rings (SSSR count). The van der Waals surface area contributed by atoms with Gasteiger partial charge in [-0.1, -0.05) is 0 Å². The number of hydrogen-bond acceptors (Lipinski definition) is 4. The van der Waals surface area contributed by atoms with Crippen LogP contribution in [-0.2, 0) is 10.0 Å². The Hall–Kier alpha value is -0.170. The van der Waals surface area contributed by atoms with Crippen molar-refractivity contribution in [2.45, 2.75) is 32.9 Å². The molecular weight excluding hydrogens is 228 g/mol. The van der Waals surface area contributed by atoms with Crippen molar-refractivity contribution in [2.75, 3.05) is 31.9 Å². The highest BCUT2D eigenvalue weighted by Crippen LogP contribution is 2.14. The summed E-state index contributed by atoms with van der Waals surface area (Å²) in [6, 6.07) is -0.00236. The van der Waals surface area contributed by atoms with Gasteiger partial charge in [0.1, 0.15) is 0 Å². The molecule has 16 heavy (non-hydrogen) atoms. The number of piperazine rings is 1. The Balaban J connectivity index is 2.59. The van der Waals surface area contributed by atoms with Crippen molar-refractivity contribution in [3.05, 3.63) is 0 Å². The van der Waals surface area contributed by atoms with E-state index in [2.05, 4.69) is 4.90 Å². The molecule has 96 valence electrons. The molecule has 0 aliphatic carbocycles. The minimum atomic E-state index is -3.08. The summed E-state index contributed by atoms with van der Waals surface area (Å²) in [7, 11) is -3.08. The highest BCUT2D eigenvalue weighted by Gasteiger charge is 2.31. The van der Waals surface area contributed by atoms with Crippen molar-refractivity contribution >= 4 is 10.0 Å². The van der Waals surface area contributed by atoms with Gasteiger partial charge in [0, 0.05) is 32.2 Å². The predicted molar refractivity (Wildman–Crippen MR) is 63.7 cm³/mol. The third-order valence-corrected chi connectivity index (χ3v) is 4.88. The molecule has 0 saturated carbocycles. The number of rotatable bonds is 4. The molecule has 1 heterocycles. The first-order valence-corrected chi connectivity index (χ1v) is 7.37. The first-order chi connectivity index (χ1) is 7.36. The van der Waals surface area contributed by atoms with Gasteiger partial charge in [0.2, 0.25) is 10.0 Å². The Morgan fingerprint density at radius 2 is 2.06 bits per heavy atom. The summed E-state index contributed by atoms with van der Waals surface area (Å²) in [5.41, 5.74) is 0. The summed E-state index contributed by atoms with van der Waals surface area (Å²) in [6.07, 6.45) is -0.360. The zero-order chi connectivity index (χ0) is 12.3. The molecule has 2 atom stereocenters. The molecule has 0 bridgehead atoms. The monoisotopic (exact) mass is 250 g/mol. The van der Waals surface area contributed by atoms with Crippen LogP contribution in [0, 0.1) is 0 Å². The van der Waals surface area contributed by atoms with Gasteiger partial charge in [0.15, 0.2) is 0 Å². The van der Waals surface area contributed by atoms with Crippen LogP contribution in [0.1, 0.15) is 20.8 Å². The molecular formula is C10H22N2O3S. The Morgan fingerprint density at radius 3 is 2.50 bits per heavy atom. The van der Waals surface area contributed by atoms with Gasteiger partial charge < -0.3 is 5.11 Å². The van der Waals surface area contributed by atoms with E-state index in [1.807, 2.05) is 6.92 Å². The van der Waals surface area contributed by atoms with Crippen molar-refractivity contribution in [3.63, 3.8) is 0 Å². The Morgan fingerprint density at radius 1 is 1.44 bits per heavy atom. The van der Waals surface area contributed by atoms with E-state index in [0.717, 1.165) is 0 Å². The van der Waals surface area contributed by atoms with E-state index >= 15 is 0 Å². The van der Waals surface area contributed by atoms with Gasteiger partial charge in [0.25, 0.3) is 0 Å². The molecule has 1 saturated heterocycles. The van der Waals surface area contributed by atoms with Crippen LogP contribution in [-0.4, -0.2) is 66.8 Å². The van der Waals surface area contributed by atoms with Crippen LogP contribution in [0.2, 0.25) is 0 Å². The summed E-state index contributed by atoms with van der Waals surface area (Å²) in [5.74, 6) is 0.160. The number of sulfonamides is 1. The minimum absolute atomic E-state index is 0.00236. The standard InChI is InChI=1S/C10H22N2O3S/c1-4-16(14,15)12-6-5-11(7-9(12)2)8-10(3)13/h9-10,13H,4-8H2,1-3H3. The van der Waals surface area contributed by atoms with Crippen LogP contribution in [0.3, 0.4) is 0 Å². The van der Waals surface area contributed by atoms with Gasteiger partial charge in [-0.05, 0) is 20.8 Å². The van der Waals surface area contributed by atoms with Crippen molar-refractivity contribution < 1.29 is 13.5 Å². The molecule has 1 N–H and O–H groups in total. The van der Waals surface area contributed by atoms with Crippen LogP contribution in [0.4, 0.5) is 0 Å². The van der Waals surface area contributed by atoms with Crippen molar-refractivity contribution in [1.82, 2.24) is 9.21 Å². The number of aliphatic hydroxyl groups is 1. The molecule has 1 fully saturated rings. The third-order valence-electron chi connectivity index (χ3n) is 2.90. The summed E-state index contributed by atoms with van der Waals surface area (Å²) < 4.78 is 25.1. The second-order valence-electron chi connectivity index (χ2n) is 4.47. The SMILES string of the molecule is CCS(=O)(=O)N1CCN(CC(C)O)CC1C. The minimum Gasteiger partial charge on any atom is -0.392 e.